The lowest BCUT2D eigenvalue weighted by Gasteiger charge is -2.26. The second-order valence-electron chi connectivity index (χ2n) is 8.21. The molecule has 0 spiro atoms. The monoisotopic (exact) mass is 581 g/mol. The smallest absolute Gasteiger partial charge is 0.428 e. The van der Waals surface area contributed by atoms with Crippen LogP contribution in [0, 0.1) is 11.3 Å². The molecule has 1 aliphatic rings. The average molecular weight is 582 g/mol. The molecule has 0 radical (unpaired) electrons. The van der Waals surface area contributed by atoms with Gasteiger partial charge in [0.2, 0.25) is 0 Å². The molecule has 0 atom stereocenters. The number of nitriles is 1. The van der Waals surface area contributed by atoms with Crippen LogP contribution in [0.4, 0.5) is 36.6 Å². The van der Waals surface area contributed by atoms with E-state index in [0.29, 0.717) is 17.5 Å². The summed E-state index contributed by atoms with van der Waals surface area (Å²) < 4.78 is 96.9. The summed E-state index contributed by atoms with van der Waals surface area (Å²) in [6, 6.07) is 3.35. The SMILES string of the molecule is CCN(C(=O)c1cc(C(C=Nc2c(OC(F)F)c(C(F)(F)C(F)(F)F)nn2C)=CN)cnc1Cl)C1(C#N)CC1. The van der Waals surface area contributed by atoms with Gasteiger partial charge in [-0.2, -0.15) is 41.1 Å². The molecule has 0 saturated heterocycles. The topological polar surface area (TPSA) is 122 Å². The highest BCUT2D eigenvalue weighted by Gasteiger charge is 2.62. The third-order valence-corrected chi connectivity index (χ3v) is 6.05. The number of aromatic nitrogens is 3. The van der Waals surface area contributed by atoms with Crippen LogP contribution in [0.5, 0.6) is 5.75 Å². The third kappa shape index (κ3) is 5.63. The lowest BCUT2D eigenvalue weighted by Crippen LogP contribution is -2.41. The van der Waals surface area contributed by atoms with Gasteiger partial charge < -0.3 is 15.4 Å². The first kappa shape index (κ1) is 29.7. The minimum atomic E-state index is -6.17. The Labute approximate surface area is 221 Å². The molecule has 1 amide bonds. The van der Waals surface area contributed by atoms with Crippen molar-refractivity contribution in [3.05, 3.63) is 40.4 Å². The highest BCUT2D eigenvalue weighted by atomic mass is 35.5. The minimum absolute atomic E-state index is 0.0639. The Morgan fingerprint density at radius 3 is 2.51 bits per heavy atom. The summed E-state index contributed by atoms with van der Waals surface area (Å²) in [5.74, 6) is -8.76. The number of halogens is 8. The first-order chi connectivity index (χ1) is 18.1. The van der Waals surface area contributed by atoms with Crippen molar-refractivity contribution in [2.24, 2.45) is 17.8 Å². The number of ether oxygens (including phenoxy) is 1. The van der Waals surface area contributed by atoms with Gasteiger partial charge in [0.05, 0.1) is 11.6 Å². The number of aliphatic imine (C=N–C) groups is 1. The standard InChI is InChI=1S/C22H19ClF7N7O2/c1-3-37(20(10-32)4-5-20)18(38)13-6-11(8-33-16(13)23)12(7-31)9-34-17-14(39-19(24)25)15(35-36(17)2)21(26,27)22(28,29)30/h6-9,19H,3-5,31H2,1-2H3. The molecule has 3 rings (SSSR count). The fraction of sp³-hybridized carbons (Fsp3) is 0.409. The van der Waals surface area contributed by atoms with E-state index < -0.39 is 47.4 Å². The Bertz CT molecular complexity index is 1360. The van der Waals surface area contributed by atoms with Crippen molar-refractivity contribution in [1.29, 1.82) is 5.26 Å². The first-order valence-electron chi connectivity index (χ1n) is 11.0. The van der Waals surface area contributed by atoms with Crippen LogP contribution in [0.3, 0.4) is 0 Å². The number of pyridine rings is 1. The Balaban J connectivity index is 2.03. The second kappa shape index (κ2) is 10.7. The van der Waals surface area contributed by atoms with Crippen LogP contribution in [-0.4, -0.2) is 56.7 Å². The van der Waals surface area contributed by atoms with Gasteiger partial charge in [-0.25, -0.2) is 14.7 Å². The van der Waals surface area contributed by atoms with Gasteiger partial charge in [0.15, 0.2) is 17.3 Å². The lowest BCUT2D eigenvalue weighted by molar-refractivity contribution is -0.291. The lowest BCUT2D eigenvalue weighted by atomic mass is 10.1. The van der Waals surface area contributed by atoms with E-state index in [0.717, 1.165) is 25.7 Å². The van der Waals surface area contributed by atoms with Crippen LogP contribution in [0.15, 0.2) is 23.5 Å². The summed E-state index contributed by atoms with van der Waals surface area (Å²) in [5, 5.41) is 12.3. The third-order valence-electron chi connectivity index (χ3n) is 5.75. The van der Waals surface area contributed by atoms with Crippen molar-refractivity contribution in [2.75, 3.05) is 6.54 Å². The maximum atomic E-state index is 14.0. The number of rotatable bonds is 9. The minimum Gasteiger partial charge on any atom is -0.428 e. The number of amides is 1. The molecule has 1 saturated carbocycles. The highest BCUT2D eigenvalue weighted by Crippen LogP contribution is 2.49. The van der Waals surface area contributed by atoms with Crippen molar-refractivity contribution >= 4 is 35.1 Å². The maximum Gasteiger partial charge on any atom is 0.459 e. The van der Waals surface area contributed by atoms with E-state index >= 15 is 0 Å². The van der Waals surface area contributed by atoms with Crippen LogP contribution in [0.2, 0.25) is 5.15 Å². The predicted molar refractivity (Wildman–Crippen MR) is 124 cm³/mol. The molecule has 2 N–H and O–H groups in total. The molecule has 2 aromatic rings. The van der Waals surface area contributed by atoms with Crippen LogP contribution in [-0.2, 0) is 13.0 Å². The first-order valence-corrected chi connectivity index (χ1v) is 11.3. The number of alkyl halides is 7. The molecule has 17 heteroatoms. The van der Waals surface area contributed by atoms with Crippen LogP contribution in [0.25, 0.3) is 5.57 Å². The molecule has 1 aliphatic carbocycles. The Kier molecular flexibility index (Phi) is 8.15. The fourth-order valence-corrected chi connectivity index (χ4v) is 3.81. The van der Waals surface area contributed by atoms with Crippen molar-refractivity contribution < 1.29 is 40.3 Å². The van der Waals surface area contributed by atoms with Crippen LogP contribution in [0.1, 0.15) is 41.4 Å². The van der Waals surface area contributed by atoms with Gasteiger partial charge in [0.25, 0.3) is 5.91 Å². The molecule has 0 bridgehead atoms. The van der Waals surface area contributed by atoms with Crippen molar-refractivity contribution in [2.45, 2.75) is 44.0 Å². The predicted octanol–water partition coefficient (Wildman–Crippen LogP) is 4.94. The number of carbonyl (C=O) groups excluding carboxylic acids is 1. The van der Waals surface area contributed by atoms with E-state index in [-0.39, 0.29) is 28.4 Å². The molecule has 2 heterocycles. The summed E-state index contributed by atoms with van der Waals surface area (Å²) in [5.41, 5.74) is 2.44. The number of hydrogen-bond acceptors (Lipinski definition) is 7. The van der Waals surface area contributed by atoms with Crippen molar-refractivity contribution in [1.82, 2.24) is 19.7 Å². The molecule has 1 fully saturated rings. The van der Waals surface area contributed by atoms with Crippen LogP contribution < -0.4 is 10.5 Å². The zero-order valence-electron chi connectivity index (χ0n) is 20.1. The molecule has 0 aliphatic heterocycles. The number of carbonyl (C=O) groups is 1. The van der Waals surface area contributed by atoms with Gasteiger partial charge in [-0.3, -0.25) is 4.79 Å². The van der Waals surface area contributed by atoms with E-state index in [1.165, 1.54) is 11.0 Å². The number of allylic oxidation sites excluding steroid dienone is 1. The molecule has 0 aromatic carbocycles. The van der Waals surface area contributed by atoms with E-state index in [4.69, 9.17) is 17.3 Å². The molecule has 9 nitrogen and oxygen atoms in total. The normalized spacial score (nSPS) is 15.5. The Hall–Kier alpha value is -3.87. The van der Waals surface area contributed by atoms with E-state index in [1.54, 1.807) is 6.92 Å². The van der Waals surface area contributed by atoms with E-state index in [2.05, 4.69) is 25.9 Å². The average Bonchev–Trinajstić information content (AvgIpc) is 3.58. The van der Waals surface area contributed by atoms with E-state index in [1.807, 2.05) is 0 Å². The van der Waals surface area contributed by atoms with Gasteiger partial charge in [-0.15, -0.1) is 0 Å². The molecule has 39 heavy (non-hydrogen) atoms. The van der Waals surface area contributed by atoms with Gasteiger partial charge >= 0.3 is 18.7 Å². The molecular formula is C22H19ClF7N7O2. The number of aryl methyl sites for hydroxylation is 1. The maximum absolute atomic E-state index is 14.0. The van der Waals surface area contributed by atoms with Crippen molar-refractivity contribution in [3.63, 3.8) is 0 Å². The number of hydrogen-bond donors (Lipinski definition) is 1. The zero-order chi connectivity index (χ0) is 29.3. The molecular weight excluding hydrogens is 563 g/mol. The Morgan fingerprint density at radius 1 is 1.38 bits per heavy atom. The van der Waals surface area contributed by atoms with Gasteiger partial charge in [0, 0.05) is 43.3 Å². The summed E-state index contributed by atoms with van der Waals surface area (Å²) in [6.45, 7) is -1.93. The zero-order valence-corrected chi connectivity index (χ0v) is 20.9. The quantitative estimate of drug-likeness (QED) is 0.254. The molecule has 210 valence electrons. The number of nitrogens with two attached hydrogens (primary N) is 1. The summed E-state index contributed by atoms with van der Waals surface area (Å²) in [7, 11) is 0.885. The fourth-order valence-electron chi connectivity index (χ4n) is 3.62. The molecule has 2 aromatic heterocycles. The molecule has 0 unspecified atom stereocenters. The van der Waals surface area contributed by atoms with Gasteiger partial charge in [-0.1, -0.05) is 11.6 Å². The second-order valence-corrected chi connectivity index (χ2v) is 8.57. The number of nitrogens with zero attached hydrogens (tertiary/aromatic N) is 6. The van der Waals surface area contributed by atoms with Gasteiger partial charge in [-0.05, 0) is 25.8 Å². The highest BCUT2D eigenvalue weighted by molar-refractivity contribution is 6.32. The van der Waals surface area contributed by atoms with Crippen molar-refractivity contribution in [3.8, 4) is 11.8 Å². The largest absolute Gasteiger partial charge is 0.459 e. The van der Waals surface area contributed by atoms with Crippen LogP contribution >= 0.6 is 11.6 Å². The summed E-state index contributed by atoms with van der Waals surface area (Å²) >= 11 is 6.11. The Morgan fingerprint density at radius 2 is 2.03 bits per heavy atom. The summed E-state index contributed by atoms with van der Waals surface area (Å²) in [6.07, 6.45) is -2.32. The summed E-state index contributed by atoms with van der Waals surface area (Å²) in [4.78, 5) is 22.1. The van der Waals surface area contributed by atoms with Gasteiger partial charge in [0.1, 0.15) is 10.7 Å². The van der Waals surface area contributed by atoms with E-state index in [9.17, 15) is 40.8 Å².